The molecule has 24 heavy (non-hydrogen) atoms. The third kappa shape index (κ3) is 3.72. The quantitative estimate of drug-likeness (QED) is 0.815. The largest absolute Gasteiger partial charge is 0.371 e. The number of carbonyl (C=O) groups excluding carboxylic acids is 1. The highest BCUT2D eigenvalue weighted by molar-refractivity contribution is 7.89. The minimum atomic E-state index is -3.58. The number of sulfonamides is 1. The molecule has 0 unspecified atom stereocenters. The fourth-order valence-corrected chi connectivity index (χ4v) is 4.54. The second kappa shape index (κ2) is 7.98. The van der Waals surface area contributed by atoms with Crippen molar-refractivity contribution in [3.05, 3.63) is 23.8 Å². The van der Waals surface area contributed by atoms with Crippen LogP contribution in [-0.4, -0.2) is 51.4 Å². The molecule has 0 atom stereocenters. The first-order valence-electron chi connectivity index (χ1n) is 8.63. The number of benzene rings is 1. The van der Waals surface area contributed by atoms with E-state index in [4.69, 9.17) is 0 Å². The van der Waals surface area contributed by atoms with Gasteiger partial charge in [0.1, 0.15) is 0 Å². The Morgan fingerprint density at radius 1 is 1.17 bits per heavy atom. The molecule has 1 aliphatic heterocycles. The van der Waals surface area contributed by atoms with Gasteiger partial charge in [-0.05, 0) is 38.0 Å². The molecule has 0 radical (unpaired) electrons. The van der Waals surface area contributed by atoms with E-state index < -0.39 is 10.0 Å². The van der Waals surface area contributed by atoms with Gasteiger partial charge in [-0.2, -0.15) is 4.31 Å². The summed E-state index contributed by atoms with van der Waals surface area (Å²) < 4.78 is 26.9. The summed E-state index contributed by atoms with van der Waals surface area (Å²) in [6, 6.07) is 4.91. The molecule has 6 nitrogen and oxygen atoms in total. The van der Waals surface area contributed by atoms with Crippen LogP contribution in [0.4, 0.5) is 5.69 Å². The van der Waals surface area contributed by atoms with Crippen LogP contribution in [0.5, 0.6) is 0 Å². The van der Waals surface area contributed by atoms with Crippen LogP contribution in [0, 0.1) is 0 Å². The molecule has 0 spiro atoms. The zero-order chi connectivity index (χ0) is 17.7. The minimum absolute atomic E-state index is 0.176. The topological polar surface area (TPSA) is 69.7 Å². The Bertz CT molecular complexity index is 678. The first-order valence-corrected chi connectivity index (χ1v) is 10.1. The molecule has 1 heterocycles. The average Bonchev–Trinajstić information content (AvgIpc) is 3.09. The molecule has 1 aliphatic rings. The van der Waals surface area contributed by atoms with E-state index in [-0.39, 0.29) is 10.8 Å². The van der Waals surface area contributed by atoms with Crippen molar-refractivity contribution in [2.24, 2.45) is 0 Å². The van der Waals surface area contributed by atoms with Crippen LogP contribution in [-0.2, 0) is 10.0 Å². The van der Waals surface area contributed by atoms with E-state index in [0.29, 0.717) is 25.2 Å². The van der Waals surface area contributed by atoms with Crippen molar-refractivity contribution in [1.29, 1.82) is 0 Å². The van der Waals surface area contributed by atoms with Crippen LogP contribution in [0.15, 0.2) is 23.1 Å². The third-order valence-electron chi connectivity index (χ3n) is 4.34. The highest BCUT2D eigenvalue weighted by atomic mass is 32.2. The maximum atomic E-state index is 12.7. The van der Waals surface area contributed by atoms with Crippen LogP contribution >= 0.6 is 0 Å². The number of carbonyl (C=O) groups is 1. The molecule has 0 aliphatic carbocycles. The van der Waals surface area contributed by atoms with Gasteiger partial charge in [0.15, 0.2) is 0 Å². The van der Waals surface area contributed by atoms with Gasteiger partial charge in [-0.3, -0.25) is 4.79 Å². The Morgan fingerprint density at radius 2 is 1.79 bits per heavy atom. The lowest BCUT2D eigenvalue weighted by atomic mass is 10.1. The lowest BCUT2D eigenvalue weighted by Crippen LogP contribution is -2.32. The Balaban J connectivity index is 2.49. The smallest absolute Gasteiger partial charge is 0.253 e. The molecule has 7 heteroatoms. The SMILES string of the molecule is CCNC(=O)c1cc(S(=O)(=O)N(CC)CC)ccc1N1CCCC1. The van der Waals surface area contributed by atoms with E-state index >= 15 is 0 Å². The van der Waals surface area contributed by atoms with Crippen molar-refractivity contribution in [3.63, 3.8) is 0 Å². The van der Waals surface area contributed by atoms with Crippen molar-refractivity contribution in [3.8, 4) is 0 Å². The highest BCUT2D eigenvalue weighted by Crippen LogP contribution is 2.28. The lowest BCUT2D eigenvalue weighted by molar-refractivity contribution is 0.0956. The van der Waals surface area contributed by atoms with Crippen LogP contribution in [0.1, 0.15) is 44.0 Å². The van der Waals surface area contributed by atoms with Crippen LogP contribution < -0.4 is 10.2 Å². The second-order valence-corrected chi connectivity index (χ2v) is 7.76. The van der Waals surface area contributed by atoms with Crippen LogP contribution in [0.2, 0.25) is 0 Å². The molecular weight excluding hydrogens is 326 g/mol. The monoisotopic (exact) mass is 353 g/mol. The number of nitrogens with zero attached hydrogens (tertiary/aromatic N) is 2. The van der Waals surface area contributed by atoms with E-state index in [9.17, 15) is 13.2 Å². The molecule has 134 valence electrons. The van der Waals surface area contributed by atoms with Gasteiger partial charge in [0, 0.05) is 38.4 Å². The molecule has 1 aromatic carbocycles. The van der Waals surface area contributed by atoms with E-state index in [2.05, 4.69) is 10.2 Å². The van der Waals surface area contributed by atoms with Gasteiger partial charge in [0.2, 0.25) is 10.0 Å². The summed E-state index contributed by atoms with van der Waals surface area (Å²) in [7, 11) is -3.58. The molecular formula is C17H27N3O3S. The van der Waals surface area contributed by atoms with E-state index in [0.717, 1.165) is 31.6 Å². The van der Waals surface area contributed by atoms with Crippen molar-refractivity contribution >= 4 is 21.6 Å². The summed E-state index contributed by atoms with van der Waals surface area (Å²) in [5.41, 5.74) is 1.25. The van der Waals surface area contributed by atoms with Gasteiger partial charge < -0.3 is 10.2 Å². The second-order valence-electron chi connectivity index (χ2n) is 5.82. The Labute approximate surface area is 144 Å². The van der Waals surface area contributed by atoms with Gasteiger partial charge in [0.05, 0.1) is 10.5 Å². The molecule has 1 amide bonds. The maximum absolute atomic E-state index is 12.7. The predicted octanol–water partition coefficient (Wildman–Crippen LogP) is 2.07. The Kier molecular flexibility index (Phi) is 6.23. The van der Waals surface area contributed by atoms with E-state index in [1.807, 2.05) is 20.8 Å². The fraction of sp³-hybridized carbons (Fsp3) is 0.588. The number of rotatable bonds is 7. The zero-order valence-corrected chi connectivity index (χ0v) is 15.5. The van der Waals surface area contributed by atoms with Gasteiger partial charge in [-0.1, -0.05) is 13.8 Å². The van der Waals surface area contributed by atoms with E-state index in [1.165, 1.54) is 10.4 Å². The maximum Gasteiger partial charge on any atom is 0.253 e. The summed E-state index contributed by atoms with van der Waals surface area (Å²) in [5.74, 6) is -0.226. The van der Waals surface area contributed by atoms with Gasteiger partial charge in [-0.15, -0.1) is 0 Å². The van der Waals surface area contributed by atoms with Crippen LogP contribution in [0.3, 0.4) is 0 Å². The highest BCUT2D eigenvalue weighted by Gasteiger charge is 2.26. The number of amides is 1. The summed E-state index contributed by atoms with van der Waals surface area (Å²) in [6.45, 7) is 8.58. The van der Waals surface area contributed by atoms with Crippen molar-refractivity contribution < 1.29 is 13.2 Å². The molecule has 1 fully saturated rings. The molecule has 1 N–H and O–H groups in total. The molecule has 1 aromatic rings. The van der Waals surface area contributed by atoms with Gasteiger partial charge in [0.25, 0.3) is 5.91 Å². The lowest BCUT2D eigenvalue weighted by Gasteiger charge is -2.23. The third-order valence-corrected chi connectivity index (χ3v) is 6.39. The summed E-state index contributed by atoms with van der Waals surface area (Å²) >= 11 is 0. The molecule has 0 aromatic heterocycles. The number of anilines is 1. The Hall–Kier alpha value is -1.60. The van der Waals surface area contributed by atoms with Gasteiger partial charge >= 0.3 is 0 Å². The van der Waals surface area contributed by atoms with Crippen LogP contribution in [0.25, 0.3) is 0 Å². The van der Waals surface area contributed by atoms with Crippen molar-refractivity contribution in [2.75, 3.05) is 37.6 Å². The zero-order valence-electron chi connectivity index (χ0n) is 14.7. The molecule has 2 rings (SSSR count). The minimum Gasteiger partial charge on any atom is -0.371 e. The summed E-state index contributed by atoms with van der Waals surface area (Å²) in [5, 5.41) is 2.79. The number of hydrogen-bond acceptors (Lipinski definition) is 4. The average molecular weight is 353 g/mol. The molecule has 0 saturated carbocycles. The van der Waals surface area contributed by atoms with E-state index in [1.54, 1.807) is 12.1 Å². The Morgan fingerprint density at radius 3 is 2.33 bits per heavy atom. The van der Waals surface area contributed by atoms with Gasteiger partial charge in [-0.25, -0.2) is 8.42 Å². The van der Waals surface area contributed by atoms with Crippen molar-refractivity contribution in [2.45, 2.75) is 38.5 Å². The fourth-order valence-electron chi connectivity index (χ4n) is 3.06. The number of hydrogen-bond donors (Lipinski definition) is 1. The first-order chi connectivity index (χ1) is 11.5. The summed E-state index contributed by atoms with van der Waals surface area (Å²) in [6.07, 6.45) is 2.18. The summed E-state index contributed by atoms with van der Waals surface area (Å²) in [4.78, 5) is 14.8. The standard InChI is InChI=1S/C17H27N3O3S/c1-4-18-17(21)15-13-14(24(22,23)20(5-2)6-3)9-10-16(15)19-11-7-8-12-19/h9-10,13H,4-8,11-12H2,1-3H3,(H,18,21). The van der Waals surface area contributed by atoms with Crippen molar-refractivity contribution in [1.82, 2.24) is 9.62 Å². The molecule has 1 saturated heterocycles. The normalized spacial score (nSPS) is 15.1. The predicted molar refractivity (Wildman–Crippen MR) is 96.0 cm³/mol. The molecule has 0 bridgehead atoms. The number of nitrogens with one attached hydrogen (secondary N) is 1. The first kappa shape index (κ1) is 18.7.